The van der Waals surface area contributed by atoms with Crippen molar-refractivity contribution in [1.82, 2.24) is 24.6 Å². The molecule has 0 spiro atoms. The van der Waals surface area contributed by atoms with Crippen molar-refractivity contribution < 1.29 is 14.3 Å². The van der Waals surface area contributed by atoms with Gasteiger partial charge in [0.25, 0.3) is 5.91 Å². The number of methoxy groups -OCH3 is 1. The first-order valence-electron chi connectivity index (χ1n) is 7.58. The number of aromatic nitrogens is 4. The van der Waals surface area contributed by atoms with E-state index in [9.17, 15) is 4.79 Å². The van der Waals surface area contributed by atoms with E-state index in [2.05, 4.69) is 15.1 Å². The van der Waals surface area contributed by atoms with E-state index >= 15 is 0 Å². The predicted molar refractivity (Wildman–Crippen MR) is 86.4 cm³/mol. The van der Waals surface area contributed by atoms with Crippen molar-refractivity contribution >= 4 is 17.5 Å². The zero-order chi connectivity index (χ0) is 17.1. The molecule has 0 aromatic carbocycles. The maximum atomic E-state index is 12.7. The fourth-order valence-electron chi connectivity index (χ4n) is 2.67. The molecule has 128 valence electrons. The van der Waals surface area contributed by atoms with Gasteiger partial charge in [0.2, 0.25) is 5.88 Å². The summed E-state index contributed by atoms with van der Waals surface area (Å²) in [6.07, 6.45) is 6.14. The fraction of sp³-hybridized carbons (Fsp3) is 0.467. The first kappa shape index (κ1) is 16.5. The molecular weight excluding hydrogens is 334 g/mol. The molecule has 1 aliphatic heterocycles. The van der Waals surface area contributed by atoms with Gasteiger partial charge in [-0.2, -0.15) is 0 Å². The molecule has 0 bridgehead atoms. The van der Waals surface area contributed by atoms with Crippen molar-refractivity contribution in [3.05, 3.63) is 29.2 Å². The van der Waals surface area contributed by atoms with Gasteiger partial charge >= 0.3 is 6.01 Å². The van der Waals surface area contributed by atoms with Crippen molar-refractivity contribution in [3.63, 3.8) is 0 Å². The number of nitrogens with zero attached hydrogens (tertiary/aromatic N) is 5. The van der Waals surface area contributed by atoms with E-state index in [1.807, 2.05) is 0 Å². The van der Waals surface area contributed by atoms with Gasteiger partial charge in [0.15, 0.2) is 0 Å². The van der Waals surface area contributed by atoms with E-state index in [0.717, 1.165) is 12.8 Å². The molecule has 0 saturated carbocycles. The first-order chi connectivity index (χ1) is 11.6. The van der Waals surface area contributed by atoms with E-state index < -0.39 is 0 Å². The molecule has 3 heterocycles. The Balaban J connectivity index is 1.68. The quantitative estimate of drug-likeness (QED) is 0.831. The number of likely N-dealkylation sites (tertiary alicyclic amines) is 1. The third kappa shape index (κ3) is 3.59. The normalized spacial score (nSPS) is 17.6. The largest absolute Gasteiger partial charge is 0.479 e. The molecule has 1 amide bonds. The van der Waals surface area contributed by atoms with Crippen LogP contribution in [0.4, 0.5) is 0 Å². The topological polar surface area (TPSA) is 82.4 Å². The molecule has 1 saturated heterocycles. The van der Waals surface area contributed by atoms with Crippen LogP contribution in [0.25, 0.3) is 0 Å². The molecule has 0 N–H and O–H groups in total. The average molecular weight is 352 g/mol. The molecule has 1 atom stereocenters. The number of amides is 1. The lowest BCUT2D eigenvalue weighted by atomic mass is 10.1. The number of ether oxygens (including phenoxy) is 2. The van der Waals surface area contributed by atoms with Crippen molar-refractivity contribution in [2.75, 3.05) is 20.2 Å². The summed E-state index contributed by atoms with van der Waals surface area (Å²) < 4.78 is 12.5. The molecule has 3 rings (SSSR count). The van der Waals surface area contributed by atoms with Crippen LogP contribution in [0, 0.1) is 0 Å². The molecule has 0 radical (unpaired) electrons. The lowest BCUT2D eigenvalue weighted by molar-refractivity contribution is 0.0513. The maximum absolute atomic E-state index is 12.7. The Kier molecular flexibility index (Phi) is 4.84. The van der Waals surface area contributed by atoms with Gasteiger partial charge in [0, 0.05) is 19.8 Å². The monoisotopic (exact) mass is 351 g/mol. The highest BCUT2D eigenvalue weighted by molar-refractivity contribution is 6.30. The summed E-state index contributed by atoms with van der Waals surface area (Å²) in [6.45, 7) is 1.13. The van der Waals surface area contributed by atoms with Crippen LogP contribution in [0.3, 0.4) is 0 Å². The minimum atomic E-state index is -0.161. The second kappa shape index (κ2) is 7.04. The number of hydrogen-bond donors (Lipinski definition) is 0. The van der Waals surface area contributed by atoms with Gasteiger partial charge in [0.1, 0.15) is 11.7 Å². The highest BCUT2D eigenvalue weighted by atomic mass is 35.5. The lowest BCUT2D eigenvalue weighted by Crippen LogP contribution is -2.44. The summed E-state index contributed by atoms with van der Waals surface area (Å²) in [5.41, 5.74) is 0.448. The number of piperidine rings is 1. The molecule has 9 heteroatoms. The van der Waals surface area contributed by atoms with E-state index in [1.165, 1.54) is 19.5 Å². The van der Waals surface area contributed by atoms with Gasteiger partial charge in [-0.1, -0.05) is 11.6 Å². The van der Waals surface area contributed by atoms with Crippen molar-refractivity contribution in [1.29, 1.82) is 0 Å². The summed E-state index contributed by atoms with van der Waals surface area (Å²) in [7, 11) is 3.25. The van der Waals surface area contributed by atoms with Crippen molar-refractivity contribution in [2.24, 2.45) is 7.05 Å². The minimum Gasteiger partial charge on any atom is -0.479 e. The van der Waals surface area contributed by atoms with Gasteiger partial charge in [-0.3, -0.25) is 9.48 Å². The Hall–Kier alpha value is -2.35. The molecule has 2 aromatic heterocycles. The van der Waals surface area contributed by atoms with E-state index in [0.29, 0.717) is 29.6 Å². The van der Waals surface area contributed by atoms with E-state index in [1.54, 1.807) is 22.8 Å². The average Bonchev–Trinajstić information content (AvgIpc) is 2.97. The molecule has 2 aromatic rings. The van der Waals surface area contributed by atoms with E-state index in [4.69, 9.17) is 21.1 Å². The number of hydrogen-bond acceptors (Lipinski definition) is 6. The smallest absolute Gasteiger partial charge is 0.316 e. The maximum Gasteiger partial charge on any atom is 0.316 e. The predicted octanol–water partition coefficient (Wildman–Crippen LogP) is 1.56. The van der Waals surface area contributed by atoms with Crippen molar-refractivity contribution in [3.8, 4) is 11.9 Å². The molecule has 1 aliphatic rings. The lowest BCUT2D eigenvalue weighted by Gasteiger charge is -2.32. The first-order valence-corrected chi connectivity index (χ1v) is 7.95. The number of carbonyl (C=O) groups excluding carboxylic acids is 1. The second-order valence-electron chi connectivity index (χ2n) is 5.54. The Bertz CT molecular complexity index is 718. The summed E-state index contributed by atoms with van der Waals surface area (Å²) >= 11 is 5.76. The van der Waals surface area contributed by atoms with Crippen LogP contribution in [-0.4, -0.2) is 56.9 Å². The van der Waals surface area contributed by atoms with Crippen molar-refractivity contribution in [2.45, 2.75) is 18.9 Å². The number of rotatable bonds is 4. The minimum absolute atomic E-state index is 0.120. The van der Waals surface area contributed by atoms with Crippen LogP contribution >= 0.6 is 11.6 Å². The van der Waals surface area contributed by atoms with Crippen LogP contribution in [0.2, 0.25) is 5.02 Å². The zero-order valence-electron chi connectivity index (χ0n) is 13.5. The molecule has 8 nitrogen and oxygen atoms in total. The van der Waals surface area contributed by atoms with Gasteiger partial charge in [-0.15, -0.1) is 5.10 Å². The van der Waals surface area contributed by atoms with Crippen LogP contribution in [0.5, 0.6) is 11.9 Å². The Morgan fingerprint density at radius 1 is 1.38 bits per heavy atom. The Labute approximate surface area is 144 Å². The summed E-state index contributed by atoms with van der Waals surface area (Å²) in [5, 5.41) is 4.57. The number of halogens is 1. The van der Waals surface area contributed by atoms with Gasteiger partial charge in [0.05, 0.1) is 31.1 Å². The third-order valence-electron chi connectivity index (χ3n) is 3.75. The highest BCUT2D eigenvalue weighted by Crippen LogP contribution is 2.21. The van der Waals surface area contributed by atoms with E-state index in [-0.39, 0.29) is 18.0 Å². The fourth-order valence-corrected chi connectivity index (χ4v) is 2.76. The summed E-state index contributed by atoms with van der Waals surface area (Å²) in [5.74, 6) is 0.205. The van der Waals surface area contributed by atoms with Gasteiger partial charge < -0.3 is 14.4 Å². The molecule has 24 heavy (non-hydrogen) atoms. The highest BCUT2D eigenvalue weighted by Gasteiger charge is 2.29. The Morgan fingerprint density at radius 3 is 2.83 bits per heavy atom. The number of carbonyl (C=O) groups is 1. The molecule has 0 aliphatic carbocycles. The zero-order valence-corrected chi connectivity index (χ0v) is 14.2. The molecule has 1 fully saturated rings. The number of aryl methyl sites for hydroxylation is 1. The summed E-state index contributed by atoms with van der Waals surface area (Å²) in [4.78, 5) is 22.5. The van der Waals surface area contributed by atoms with Gasteiger partial charge in [-0.25, -0.2) is 9.97 Å². The van der Waals surface area contributed by atoms with Gasteiger partial charge in [-0.05, 0) is 12.8 Å². The Morgan fingerprint density at radius 2 is 2.12 bits per heavy atom. The molecule has 1 unspecified atom stereocenters. The standard InChI is InChI=1S/C15H18ClN5O3/c1-20-9-12(13(19-20)23-2)14(22)21-5-3-4-11(8-21)24-15-17-6-10(16)7-18-15/h6-7,9,11H,3-5,8H2,1-2H3. The van der Waals surface area contributed by atoms with Crippen LogP contribution < -0.4 is 9.47 Å². The SMILES string of the molecule is COc1nn(C)cc1C(=O)N1CCCC(Oc2ncc(Cl)cn2)C1. The van der Waals surface area contributed by atoms with Crippen LogP contribution in [-0.2, 0) is 7.05 Å². The third-order valence-corrected chi connectivity index (χ3v) is 3.95. The molecular formula is C15H18ClN5O3. The summed E-state index contributed by atoms with van der Waals surface area (Å²) in [6, 6.07) is 0.262. The van der Waals surface area contributed by atoms with Crippen LogP contribution in [0.1, 0.15) is 23.2 Å². The second-order valence-corrected chi connectivity index (χ2v) is 5.98. The van der Waals surface area contributed by atoms with Crippen LogP contribution in [0.15, 0.2) is 18.6 Å².